The molecule has 1 heterocycles. The molecular weight excluding hydrogens is 288 g/mol. The van der Waals surface area contributed by atoms with Crippen molar-refractivity contribution >= 4 is 0 Å². The first-order chi connectivity index (χ1) is 11.2. The molecule has 0 spiro atoms. The molecule has 2 N–H and O–H groups in total. The maximum Gasteiger partial charge on any atom is 0.105 e. The largest absolute Gasteiger partial charge is 0.495 e. The Bertz CT molecular complexity index is 402. The van der Waals surface area contributed by atoms with Gasteiger partial charge in [0.15, 0.2) is 0 Å². The Morgan fingerprint density at radius 3 is 2.74 bits per heavy atom. The van der Waals surface area contributed by atoms with Crippen LogP contribution in [0.1, 0.15) is 71.6 Å². The molecule has 0 radical (unpaired) electrons. The predicted molar refractivity (Wildman–Crippen MR) is 94.0 cm³/mol. The van der Waals surface area contributed by atoms with Gasteiger partial charge < -0.3 is 14.9 Å². The minimum absolute atomic E-state index is 0.123. The summed E-state index contributed by atoms with van der Waals surface area (Å²) in [5, 5.41) is 20.3. The second-order valence-electron chi connectivity index (χ2n) is 7.17. The number of rotatable bonds is 9. The van der Waals surface area contributed by atoms with E-state index in [1.165, 1.54) is 25.7 Å². The Morgan fingerprint density at radius 2 is 2.00 bits per heavy atom. The highest BCUT2D eigenvalue weighted by molar-refractivity contribution is 5.13. The molecule has 3 heteroatoms. The van der Waals surface area contributed by atoms with Crippen molar-refractivity contribution < 1.29 is 14.9 Å². The highest BCUT2D eigenvalue weighted by Gasteiger charge is 2.46. The molecule has 5 atom stereocenters. The van der Waals surface area contributed by atoms with Crippen molar-refractivity contribution in [3.05, 3.63) is 24.0 Å². The number of aliphatic hydroxyl groups is 2. The van der Waals surface area contributed by atoms with E-state index in [1.54, 1.807) is 0 Å². The molecule has 0 amide bonds. The van der Waals surface area contributed by atoms with E-state index in [1.807, 2.05) is 12.2 Å². The standard InChI is InChI=1S/C20H34O3/c1-3-5-7-9-15(21)11-12-17-18-13-16(10-8-6-4-2)23-20(18)14-19(17)22/h10-12,15,17-22H,3-9,13-14H2,1-2H3/b12-11+,16-10?/t15?,17-,18?,19?,20?/m1/s1. The molecule has 0 aromatic carbocycles. The lowest BCUT2D eigenvalue weighted by molar-refractivity contribution is 0.111. The molecule has 3 nitrogen and oxygen atoms in total. The summed E-state index contributed by atoms with van der Waals surface area (Å²) >= 11 is 0. The molecule has 1 saturated heterocycles. The number of fused-ring (bicyclic) bond motifs is 1. The van der Waals surface area contributed by atoms with E-state index in [2.05, 4.69) is 19.9 Å². The zero-order valence-corrected chi connectivity index (χ0v) is 14.8. The van der Waals surface area contributed by atoms with Gasteiger partial charge in [0.2, 0.25) is 0 Å². The predicted octanol–water partition coefficient (Wildman–Crippen LogP) is 4.34. The van der Waals surface area contributed by atoms with Gasteiger partial charge in [-0.1, -0.05) is 51.7 Å². The van der Waals surface area contributed by atoms with Crippen LogP contribution >= 0.6 is 0 Å². The fraction of sp³-hybridized carbons (Fsp3) is 0.800. The number of hydrogen-bond acceptors (Lipinski definition) is 3. The molecule has 4 unspecified atom stereocenters. The van der Waals surface area contributed by atoms with E-state index in [0.29, 0.717) is 5.92 Å². The number of aliphatic hydroxyl groups excluding tert-OH is 2. The van der Waals surface area contributed by atoms with Gasteiger partial charge in [0.05, 0.1) is 18.0 Å². The minimum atomic E-state index is -0.380. The summed E-state index contributed by atoms with van der Waals surface area (Å²) in [6.45, 7) is 4.37. The normalized spacial score (nSPS) is 33.3. The lowest BCUT2D eigenvalue weighted by Gasteiger charge is -2.16. The highest BCUT2D eigenvalue weighted by Crippen LogP contribution is 2.45. The molecular formula is C20H34O3. The Kier molecular flexibility index (Phi) is 7.64. The SMILES string of the molecule is CCCCC=C1CC2C(CC(O)[C@@H]2/C=C/C(O)CCCCC)O1. The van der Waals surface area contributed by atoms with Gasteiger partial charge >= 0.3 is 0 Å². The lowest BCUT2D eigenvalue weighted by atomic mass is 9.90. The highest BCUT2D eigenvalue weighted by atomic mass is 16.5. The molecule has 2 rings (SSSR count). The van der Waals surface area contributed by atoms with Crippen molar-refractivity contribution in [3.8, 4) is 0 Å². The molecule has 1 aliphatic heterocycles. The summed E-state index contributed by atoms with van der Waals surface area (Å²) in [5.74, 6) is 1.61. The van der Waals surface area contributed by atoms with Crippen molar-refractivity contribution in [2.75, 3.05) is 0 Å². The van der Waals surface area contributed by atoms with Gasteiger partial charge in [-0.05, 0) is 25.3 Å². The number of ether oxygens (including phenoxy) is 1. The van der Waals surface area contributed by atoms with E-state index in [9.17, 15) is 10.2 Å². The smallest absolute Gasteiger partial charge is 0.105 e. The molecule has 0 aromatic heterocycles. The summed E-state index contributed by atoms with van der Waals surface area (Å²) in [4.78, 5) is 0. The minimum Gasteiger partial charge on any atom is -0.495 e. The van der Waals surface area contributed by atoms with Crippen molar-refractivity contribution in [2.45, 2.75) is 89.9 Å². The van der Waals surface area contributed by atoms with Crippen LogP contribution < -0.4 is 0 Å². The molecule has 1 aliphatic carbocycles. The Morgan fingerprint density at radius 1 is 1.22 bits per heavy atom. The maximum atomic E-state index is 10.3. The quantitative estimate of drug-likeness (QED) is 0.490. The molecule has 23 heavy (non-hydrogen) atoms. The van der Waals surface area contributed by atoms with Crippen LogP contribution in [0.5, 0.6) is 0 Å². The van der Waals surface area contributed by atoms with Gasteiger partial charge in [0.1, 0.15) is 6.10 Å². The number of unbranched alkanes of at least 4 members (excludes halogenated alkanes) is 4. The monoisotopic (exact) mass is 322 g/mol. The fourth-order valence-corrected chi connectivity index (χ4v) is 3.81. The molecule has 2 aliphatic rings. The third-order valence-electron chi connectivity index (χ3n) is 5.22. The van der Waals surface area contributed by atoms with Gasteiger partial charge in [-0.3, -0.25) is 0 Å². The second kappa shape index (κ2) is 9.48. The van der Waals surface area contributed by atoms with Crippen LogP contribution in [-0.4, -0.2) is 28.5 Å². The summed E-state index contributed by atoms with van der Waals surface area (Å²) in [6, 6.07) is 0. The summed E-state index contributed by atoms with van der Waals surface area (Å²) in [6.07, 6.45) is 15.0. The molecule has 0 bridgehead atoms. The van der Waals surface area contributed by atoms with Crippen molar-refractivity contribution in [2.24, 2.45) is 11.8 Å². The van der Waals surface area contributed by atoms with Crippen LogP contribution in [0.25, 0.3) is 0 Å². The molecule has 0 aromatic rings. The first kappa shape index (κ1) is 18.5. The zero-order chi connectivity index (χ0) is 16.7. The van der Waals surface area contributed by atoms with Crippen LogP contribution in [0.2, 0.25) is 0 Å². The zero-order valence-electron chi connectivity index (χ0n) is 14.8. The third kappa shape index (κ3) is 5.36. The van der Waals surface area contributed by atoms with Gasteiger partial charge in [0, 0.05) is 24.7 Å². The molecule has 2 fully saturated rings. The third-order valence-corrected chi connectivity index (χ3v) is 5.22. The second-order valence-corrected chi connectivity index (χ2v) is 7.17. The summed E-state index contributed by atoms with van der Waals surface area (Å²) in [5.41, 5.74) is 0. The Hall–Kier alpha value is -0.800. The van der Waals surface area contributed by atoms with Crippen LogP contribution in [0, 0.1) is 11.8 Å². The number of hydrogen-bond donors (Lipinski definition) is 2. The van der Waals surface area contributed by atoms with E-state index in [-0.39, 0.29) is 24.2 Å². The van der Waals surface area contributed by atoms with Gasteiger partial charge in [-0.2, -0.15) is 0 Å². The van der Waals surface area contributed by atoms with E-state index in [4.69, 9.17) is 4.74 Å². The van der Waals surface area contributed by atoms with Crippen LogP contribution in [0.3, 0.4) is 0 Å². The Balaban J connectivity index is 1.85. The molecule has 132 valence electrons. The maximum absolute atomic E-state index is 10.3. The van der Waals surface area contributed by atoms with Crippen molar-refractivity contribution in [1.29, 1.82) is 0 Å². The lowest BCUT2D eigenvalue weighted by Crippen LogP contribution is -2.18. The van der Waals surface area contributed by atoms with Crippen molar-refractivity contribution in [3.63, 3.8) is 0 Å². The number of allylic oxidation sites excluding steroid dienone is 2. The average Bonchev–Trinajstić information content (AvgIpc) is 3.02. The van der Waals surface area contributed by atoms with E-state index in [0.717, 1.165) is 37.9 Å². The Labute approximate surface area is 141 Å². The summed E-state index contributed by atoms with van der Waals surface area (Å²) < 4.78 is 6.02. The van der Waals surface area contributed by atoms with Gasteiger partial charge in [0.25, 0.3) is 0 Å². The van der Waals surface area contributed by atoms with Crippen molar-refractivity contribution in [1.82, 2.24) is 0 Å². The van der Waals surface area contributed by atoms with Crippen LogP contribution in [-0.2, 0) is 4.74 Å². The van der Waals surface area contributed by atoms with E-state index >= 15 is 0 Å². The van der Waals surface area contributed by atoms with Crippen LogP contribution in [0.4, 0.5) is 0 Å². The molecule has 1 saturated carbocycles. The average molecular weight is 322 g/mol. The van der Waals surface area contributed by atoms with Crippen LogP contribution in [0.15, 0.2) is 24.0 Å². The fourth-order valence-electron chi connectivity index (χ4n) is 3.81. The topological polar surface area (TPSA) is 49.7 Å². The van der Waals surface area contributed by atoms with E-state index < -0.39 is 0 Å². The van der Waals surface area contributed by atoms with Gasteiger partial charge in [-0.15, -0.1) is 0 Å². The first-order valence-electron chi connectivity index (χ1n) is 9.55. The van der Waals surface area contributed by atoms with Gasteiger partial charge in [-0.25, -0.2) is 0 Å². The summed E-state index contributed by atoms with van der Waals surface area (Å²) in [7, 11) is 0. The first-order valence-corrected chi connectivity index (χ1v) is 9.55.